The normalized spacial score (nSPS) is 11.7. The van der Waals surface area contributed by atoms with E-state index in [0.29, 0.717) is 0 Å². The predicted molar refractivity (Wildman–Crippen MR) is 216 cm³/mol. The molecule has 0 unspecified atom stereocenters. The number of imidazole rings is 2. The number of nitrogens with zero attached hydrogens (tertiary/aromatic N) is 9. The van der Waals surface area contributed by atoms with Crippen LogP contribution in [0.5, 0.6) is 0 Å². The summed E-state index contributed by atoms with van der Waals surface area (Å²) in [6, 6.07) is 35.5. The number of para-hydroxylation sites is 4. The monoisotopic (exact) mass is 710 g/mol. The number of hydrogen-bond acceptors (Lipinski definition) is 4. The van der Waals surface area contributed by atoms with E-state index in [-0.39, 0.29) is 0 Å². The largest absolute Gasteiger partial charge is 0.302 e. The molecule has 0 saturated carbocycles. The Balaban J connectivity index is 0.883. The van der Waals surface area contributed by atoms with Crippen molar-refractivity contribution in [3.8, 4) is 0 Å². The number of hydrogen-bond donors (Lipinski definition) is 0. The summed E-state index contributed by atoms with van der Waals surface area (Å²) in [6.07, 6.45) is 22.4. The zero-order valence-corrected chi connectivity index (χ0v) is 31.8. The van der Waals surface area contributed by atoms with Gasteiger partial charge in [0.2, 0.25) is 12.0 Å². The lowest BCUT2D eigenvalue weighted by molar-refractivity contribution is -0.699. The third-order valence-corrected chi connectivity index (χ3v) is 9.96. The van der Waals surface area contributed by atoms with Crippen molar-refractivity contribution < 1.29 is 13.7 Å². The summed E-state index contributed by atoms with van der Waals surface area (Å²) in [5.41, 5.74) is 5.76. The van der Waals surface area contributed by atoms with Crippen LogP contribution in [0.1, 0.15) is 62.9 Å². The van der Waals surface area contributed by atoms with Gasteiger partial charge in [-0.2, -0.15) is 14.8 Å². The lowest BCUT2D eigenvalue weighted by Gasteiger charge is -2.11. The van der Waals surface area contributed by atoms with Crippen molar-refractivity contribution in [2.45, 2.75) is 77.5 Å². The van der Waals surface area contributed by atoms with Crippen molar-refractivity contribution in [2.75, 3.05) is 24.1 Å². The number of unbranched alkanes of at least 4 members (excludes halogenated alkanes) is 6. The van der Waals surface area contributed by atoms with E-state index in [1.54, 1.807) is 0 Å². The second kappa shape index (κ2) is 19.3. The number of fused-ring (bicyclic) bond motifs is 1. The van der Waals surface area contributed by atoms with Gasteiger partial charge < -0.3 is 0 Å². The number of benzene rings is 3. The topological polar surface area (TPSA) is 52.7 Å². The van der Waals surface area contributed by atoms with Crippen LogP contribution in [0.4, 0.5) is 11.4 Å². The Bertz CT molecular complexity index is 2050. The molecule has 0 aliphatic heterocycles. The average molecular weight is 711 g/mol. The number of anilines is 2. The summed E-state index contributed by atoms with van der Waals surface area (Å²) in [4.78, 5) is 0. The van der Waals surface area contributed by atoms with Gasteiger partial charge >= 0.3 is 5.82 Å². The quantitative estimate of drug-likeness (QED) is 0.0362. The number of pyridine rings is 1. The molecule has 0 atom stereocenters. The minimum absolute atomic E-state index is 0.979. The smallest absolute Gasteiger partial charge is 0.268 e. The zero-order chi connectivity index (χ0) is 36.7. The molecule has 3 aromatic carbocycles. The molecule has 9 heteroatoms. The summed E-state index contributed by atoms with van der Waals surface area (Å²) in [7, 11) is 6.12. The van der Waals surface area contributed by atoms with E-state index in [1.807, 2.05) is 72.9 Å². The molecule has 0 radical (unpaired) electrons. The molecule has 0 aliphatic rings. The van der Waals surface area contributed by atoms with Crippen molar-refractivity contribution in [3.63, 3.8) is 0 Å². The van der Waals surface area contributed by atoms with Gasteiger partial charge in [0.05, 0.1) is 38.1 Å². The first-order valence-corrected chi connectivity index (χ1v) is 19.2. The second-order valence-electron chi connectivity index (χ2n) is 13.8. The highest BCUT2D eigenvalue weighted by Gasteiger charge is 2.21. The van der Waals surface area contributed by atoms with Gasteiger partial charge in [0, 0.05) is 32.6 Å². The van der Waals surface area contributed by atoms with Crippen LogP contribution in [0.2, 0.25) is 0 Å². The van der Waals surface area contributed by atoms with E-state index >= 15 is 0 Å². The molecule has 3 heterocycles. The van der Waals surface area contributed by atoms with Gasteiger partial charge in [0.15, 0.2) is 17.2 Å². The van der Waals surface area contributed by atoms with Gasteiger partial charge in [0.25, 0.3) is 0 Å². The van der Waals surface area contributed by atoms with Gasteiger partial charge in [-0.15, -0.1) is 0 Å². The molecule has 9 nitrogen and oxygen atoms in total. The van der Waals surface area contributed by atoms with E-state index < -0.39 is 0 Å². The molecular formula is C44H56N9+3. The van der Waals surface area contributed by atoms with Crippen molar-refractivity contribution in [3.05, 3.63) is 140 Å². The number of rotatable bonds is 20. The van der Waals surface area contributed by atoms with Crippen molar-refractivity contribution in [1.82, 2.24) is 9.13 Å². The maximum Gasteiger partial charge on any atom is 0.302 e. The highest BCUT2D eigenvalue weighted by Crippen LogP contribution is 2.17. The zero-order valence-electron chi connectivity index (χ0n) is 31.8. The molecule has 0 bridgehead atoms. The van der Waals surface area contributed by atoms with Crippen LogP contribution in [0.25, 0.3) is 11.0 Å². The predicted octanol–water partition coefficient (Wildman–Crippen LogP) is 7.30. The molecule has 53 heavy (non-hydrogen) atoms. The molecule has 274 valence electrons. The van der Waals surface area contributed by atoms with Crippen LogP contribution in [-0.2, 0) is 33.2 Å². The first kappa shape index (κ1) is 37.2. The van der Waals surface area contributed by atoms with Crippen molar-refractivity contribution >= 4 is 34.8 Å². The molecular weight excluding hydrogens is 655 g/mol. The Morgan fingerprint density at radius 1 is 0.604 bits per heavy atom. The summed E-state index contributed by atoms with van der Waals surface area (Å²) in [5, 5.41) is 13.3. The van der Waals surface area contributed by atoms with Crippen LogP contribution in [0.15, 0.2) is 138 Å². The van der Waals surface area contributed by atoms with Crippen LogP contribution in [0.3, 0.4) is 0 Å². The Morgan fingerprint density at radius 2 is 1.21 bits per heavy atom. The molecule has 0 saturated heterocycles. The lowest BCUT2D eigenvalue weighted by Crippen LogP contribution is -2.38. The van der Waals surface area contributed by atoms with Crippen LogP contribution in [0, 0.1) is 0 Å². The van der Waals surface area contributed by atoms with E-state index in [1.165, 1.54) is 49.6 Å². The number of aromatic nitrogens is 5. The van der Waals surface area contributed by atoms with E-state index in [9.17, 15) is 0 Å². The highest BCUT2D eigenvalue weighted by atomic mass is 15.4. The van der Waals surface area contributed by atoms with Gasteiger partial charge in [-0.05, 0) is 87.4 Å². The van der Waals surface area contributed by atoms with E-state index in [2.05, 4.69) is 127 Å². The van der Waals surface area contributed by atoms with Gasteiger partial charge in [-0.25, -0.2) is 18.3 Å². The Hall–Kier alpha value is -5.57. The molecule has 6 aromatic rings. The SMILES string of the molecule is CN(/N=C/c1cccc[n+]1CCCCCC[n+]1ccn(CCCCCCn2c(/C=N/N(C)c3ccccc3)[n+](C)c3ccccc32)c1)c1ccccc1. The standard InChI is InChI=1S/C44H56N9/c1-47-42-27-14-15-28-43(42)53(44(47)37-46-49(3)40-24-12-9-13-25-40)33-20-7-5-18-30-51-35-34-50(38-51)29-17-4-6-19-31-52-32-21-16-26-41(52)36-45-48(2)39-22-10-8-11-23-39/h8-16,21-28,32,34-38H,4-7,17-20,29-31,33H2,1-3H3/q+3. The molecule has 0 N–H and O–H groups in total. The lowest BCUT2D eigenvalue weighted by atomic mass is 10.2. The van der Waals surface area contributed by atoms with Crippen LogP contribution >= 0.6 is 0 Å². The molecule has 3 aromatic heterocycles. The van der Waals surface area contributed by atoms with E-state index in [4.69, 9.17) is 5.10 Å². The average Bonchev–Trinajstić information content (AvgIpc) is 3.77. The molecule has 0 fully saturated rings. The highest BCUT2D eigenvalue weighted by molar-refractivity contribution is 5.81. The summed E-state index contributed by atoms with van der Waals surface area (Å²) in [5.74, 6) is 1.11. The van der Waals surface area contributed by atoms with Crippen LogP contribution in [-0.4, -0.2) is 35.7 Å². The first-order valence-electron chi connectivity index (χ1n) is 19.2. The fraction of sp³-hybridized carbons (Fsp3) is 0.341. The Morgan fingerprint density at radius 3 is 1.94 bits per heavy atom. The van der Waals surface area contributed by atoms with E-state index in [0.717, 1.165) is 61.9 Å². The Labute approximate surface area is 315 Å². The van der Waals surface area contributed by atoms with Crippen molar-refractivity contribution in [1.29, 1.82) is 0 Å². The van der Waals surface area contributed by atoms with Crippen molar-refractivity contribution in [2.24, 2.45) is 17.3 Å². The molecule has 0 spiro atoms. The number of aryl methyl sites for hydroxylation is 5. The minimum atomic E-state index is 0.979. The molecule has 0 amide bonds. The summed E-state index contributed by atoms with van der Waals surface area (Å²) < 4.78 is 11.7. The summed E-state index contributed by atoms with van der Waals surface area (Å²) >= 11 is 0. The van der Waals surface area contributed by atoms with Crippen LogP contribution < -0.4 is 23.7 Å². The number of hydrazone groups is 2. The fourth-order valence-electron chi connectivity index (χ4n) is 6.86. The fourth-order valence-corrected chi connectivity index (χ4v) is 6.86. The van der Waals surface area contributed by atoms with Gasteiger partial charge in [-0.3, -0.25) is 10.0 Å². The third-order valence-electron chi connectivity index (χ3n) is 9.96. The summed E-state index contributed by atoms with van der Waals surface area (Å²) in [6.45, 7) is 4.12. The second-order valence-corrected chi connectivity index (χ2v) is 13.8. The first-order chi connectivity index (χ1) is 26.1. The van der Waals surface area contributed by atoms with Gasteiger partial charge in [0.1, 0.15) is 31.4 Å². The molecule has 0 aliphatic carbocycles. The Kier molecular flexibility index (Phi) is 13.6. The maximum absolute atomic E-state index is 4.79. The third kappa shape index (κ3) is 10.5. The maximum atomic E-state index is 4.79. The molecule has 6 rings (SSSR count). The van der Waals surface area contributed by atoms with Gasteiger partial charge in [-0.1, -0.05) is 48.5 Å². The minimum Gasteiger partial charge on any atom is -0.268 e.